The molecular weight excluding hydrogens is 399 g/mol. The van der Waals surface area contributed by atoms with Crippen molar-refractivity contribution in [2.45, 2.75) is 76.5 Å². The molecule has 12 heteroatoms. The second-order valence-corrected chi connectivity index (χ2v) is 9.02. The smallest absolute Gasteiger partial charge is 0.444 e. The molecule has 0 spiro atoms. The average molecular weight is 425 g/mol. The second-order valence-electron chi connectivity index (χ2n) is 9.02. The Morgan fingerprint density at radius 1 is 1.00 bits per heavy atom. The van der Waals surface area contributed by atoms with Crippen LogP contribution < -0.4 is 16.2 Å². The second kappa shape index (κ2) is 7.31. The first-order valence-electron chi connectivity index (χ1n) is 9.07. The van der Waals surface area contributed by atoms with Gasteiger partial charge in [0, 0.05) is 11.5 Å². The summed E-state index contributed by atoms with van der Waals surface area (Å²) in [6, 6.07) is 0. The van der Waals surface area contributed by atoms with Crippen LogP contribution in [0.3, 0.4) is 0 Å². The van der Waals surface area contributed by atoms with E-state index in [-0.39, 0.29) is 24.2 Å². The van der Waals surface area contributed by atoms with E-state index in [0.29, 0.717) is 19.3 Å². The van der Waals surface area contributed by atoms with Gasteiger partial charge in [0.1, 0.15) is 5.60 Å². The van der Waals surface area contributed by atoms with Crippen LogP contribution >= 0.6 is 0 Å². The minimum atomic E-state index is -4.71. The maximum absolute atomic E-state index is 12.3. The number of hydrogen-bond acceptors (Lipinski definition) is 5. The number of ether oxygens (including phenoxy) is 2. The zero-order chi connectivity index (χ0) is 21.0. The van der Waals surface area contributed by atoms with Crippen molar-refractivity contribution in [2.24, 2.45) is 11.3 Å². The van der Waals surface area contributed by atoms with Gasteiger partial charge in [-0.2, -0.15) is 0 Å². The molecule has 0 aromatic carbocycles. The molecule has 4 rings (SSSR count). The summed E-state index contributed by atoms with van der Waals surface area (Å²) in [4.78, 5) is 36.0. The fourth-order valence-electron chi connectivity index (χ4n) is 4.10. The van der Waals surface area contributed by atoms with E-state index >= 15 is 0 Å². The molecule has 0 aromatic rings. The van der Waals surface area contributed by atoms with Crippen molar-refractivity contribution in [2.75, 3.05) is 0 Å². The van der Waals surface area contributed by atoms with E-state index < -0.39 is 46.9 Å². The van der Waals surface area contributed by atoms with Gasteiger partial charge in [0.15, 0.2) is 0 Å². The lowest BCUT2D eigenvalue weighted by molar-refractivity contribution is -0.353. The van der Waals surface area contributed by atoms with Crippen molar-refractivity contribution in [3.63, 3.8) is 0 Å². The summed E-state index contributed by atoms with van der Waals surface area (Å²) in [6.07, 6.45) is -5.01. The maximum atomic E-state index is 12.3. The van der Waals surface area contributed by atoms with Gasteiger partial charge >= 0.3 is 12.5 Å². The highest BCUT2D eigenvalue weighted by Crippen LogP contribution is 2.67. The van der Waals surface area contributed by atoms with Gasteiger partial charge < -0.3 is 15.5 Å². The first kappa shape index (κ1) is 23.2. The monoisotopic (exact) mass is 425 g/mol. The van der Waals surface area contributed by atoms with Crippen LogP contribution in [0.5, 0.6) is 0 Å². The van der Waals surface area contributed by atoms with Gasteiger partial charge in [0.25, 0.3) is 0 Å². The first-order chi connectivity index (χ1) is 12.7. The molecule has 0 aliphatic heterocycles. The summed E-state index contributed by atoms with van der Waals surface area (Å²) in [6.45, 7) is 5.27. The molecule has 3 amide bonds. The average Bonchev–Trinajstić information content (AvgIpc) is 2.38. The van der Waals surface area contributed by atoms with Crippen LogP contribution in [0.1, 0.15) is 52.9 Å². The van der Waals surface area contributed by atoms with Crippen LogP contribution in [0.4, 0.5) is 18.0 Å². The number of carbonyl (C=O) groups excluding carboxylic acids is 3. The summed E-state index contributed by atoms with van der Waals surface area (Å²) in [5.74, 6) is -1.53. The molecule has 4 aliphatic carbocycles. The highest BCUT2D eigenvalue weighted by Gasteiger charge is 2.72. The van der Waals surface area contributed by atoms with Gasteiger partial charge in [-0.15, -0.1) is 13.2 Å². The highest BCUT2D eigenvalue weighted by molar-refractivity contribution is 5.90. The number of amides is 3. The fourth-order valence-corrected chi connectivity index (χ4v) is 4.10. The Hall–Kier alpha value is -2.08. The normalized spacial score (nSPS) is 32.3. The Balaban J connectivity index is 0.00000300. The first-order valence-corrected chi connectivity index (χ1v) is 9.07. The Labute approximate surface area is 165 Å². The number of alkyl halides is 3. The molecule has 4 aliphatic rings. The number of nitrogens with one attached hydrogen (secondary N) is 3. The number of hydrogen-bond donors (Lipinski definition) is 3. The van der Waals surface area contributed by atoms with E-state index in [2.05, 4.69) is 20.9 Å². The Morgan fingerprint density at radius 2 is 1.55 bits per heavy atom. The van der Waals surface area contributed by atoms with E-state index in [9.17, 15) is 27.6 Å². The summed E-state index contributed by atoms with van der Waals surface area (Å²) < 4.78 is 45.2. The third-order valence-electron chi connectivity index (χ3n) is 5.34. The molecule has 0 radical (unpaired) electrons. The van der Waals surface area contributed by atoms with Gasteiger partial charge in [-0.25, -0.2) is 4.79 Å². The molecule has 5 N–H and O–H groups in total. The van der Waals surface area contributed by atoms with Gasteiger partial charge in [0.2, 0.25) is 11.8 Å². The number of rotatable bonds is 4. The van der Waals surface area contributed by atoms with Crippen LogP contribution in [0.2, 0.25) is 0 Å². The fraction of sp³-hybridized carbons (Fsp3) is 0.824. The van der Waals surface area contributed by atoms with Crippen molar-refractivity contribution in [1.29, 1.82) is 0 Å². The zero-order valence-corrected chi connectivity index (χ0v) is 16.4. The molecule has 0 atom stereocenters. The van der Waals surface area contributed by atoms with Crippen molar-refractivity contribution in [3.8, 4) is 0 Å². The van der Waals surface area contributed by atoms with Crippen LogP contribution in [0, 0.1) is 11.3 Å². The lowest BCUT2D eigenvalue weighted by Gasteiger charge is -2.68. The van der Waals surface area contributed by atoms with Crippen molar-refractivity contribution >= 4 is 17.9 Å². The van der Waals surface area contributed by atoms with E-state index in [1.807, 2.05) is 0 Å². The van der Waals surface area contributed by atoms with Gasteiger partial charge in [-0.05, 0) is 52.9 Å². The number of halogens is 3. The van der Waals surface area contributed by atoms with Crippen LogP contribution in [-0.2, 0) is 19.1 Å². The molecule has 0 unspecified atom stereocenters. The molecule has 29 heavy (non-hydrogen) atoms. The molecule has 4 saturated carbocycles. The van der Waals surface area contributed by atoms with Gasteiger partial charge in [0.05, 0.1) is 11.5 Å². The zero-order valence-electron chi connectivity index (χ0n) is 16.4. The van der Waals surface area contributed by atoms with Crippen LogP contribution in [0.25, 0.3) is 0 Å². The van der Waals surface area contributed by atoms with Crippen molar-refractivity contribution < 1.29 is 42.5 Å². The highest BCUT2D eigenvalue weighted by atomic mass is 19.4. The van der Waals surface area contributed by atoms with Crippen LogP contribution in [-0.4, -0.2) is 47.0 Å². The largest absolute Gasteiger partial charge is 0.522 e. The summed E-state index contributed by atoms with van der Waals surface area (Å²) >= 11 is 0. The lowest BCUT2D eigenvalue weighted by Crippen LogP contribution is -2.79. The minimum absolute atomic E-state index is 0. The lowest BCUT2D eigenvalue weighted by atomic mass is 9.39. The summed E-state index contributed by atoms with van der Waals surface area (Å²) in [5, 5.41) is 2.79. The van der Waals surface area contributed by atoms with Gasteiger partial charge in [-0.3, -0.25) is 25.2 Å². The Kier molecular flexibility index (Phi) is 5.85. The quantitative estimate of drug-likeness (QED) is 0.579. The van der Waals surface area contributed by atoms with Crippen molar-refractivity contribution in [3.05, 3.63) is 0 Å². The SMILES string of the molecule is CC(C)(C)OC(=O)NC12CC(C(=O)NNC(=O)C3CC(OC(F)(F)F)C3)(C1)C2.O. The number of alkyl carbamates (subject to hydrolysis) is 1. The molecule has 4 fully saturated rings. The third kappa shape index (κ3) is 5.10. The van der Waals surface area contributed by atoms with E-state index in [1.165, 1.54) is 0 Å². The molecular formula is C17H26F3N3O6. The maximum Gasteiger partial charge on any atom is 0.522 e. The number of hydrazine groups is 1. The third-order valence-corrected chi connectivity index (χ3v) is 5.34. The summed E-state index contributed by atoms with van der Waals surface area (Å²) in [5.41, 5.74) is 2.91. The van der Waals surface area contributed by atoms with E-state index in [0.717, 1.165) is 0 Å². The summed E-state index contributed by atoms with van der Waals surface area (Å²) in [7, 11) is 0. The number of carbonyl (C=O) groups is 3. The standard InChI is InChI=1S/C17H24F3N3O5.H2O/c1-14(2,3)28-13(26)21-16-6-15(7-16,8-16)12(25)23-22-11(24)9-4-10(5-9)27-17(18,19)20;/h9-10H,4-8H2,1-3H3,(H,21,26)(H,22,24)(H,23,25);1H2. The molecule has 9 nitrogen and oxygen atoms in total. The molecule has 2 bridgehead atoms. The van der Waals surface area contributed by atoms with E-state index in [4.69, 9.17) is 4.74 Å². The predicted octanol–water partition coefficient (Wildman–Crippen LogP) is 1.07. The van der Waals surface area contributed by atoms with E-state index in [1.54, 1.807) is 20.8 Å². The molecule has 0 saturated heterocycles. The molecule has 0 heterocycles. The van der Waals surface area contributed by atoms with Gasteiger partial charge in [-0.1, -0.05) is 0 Å². The topological polar surface area (TPSA) is 137 Å². The molecule has 166 valence electrons. The van der Waals surface area contributed by atoms with Crippen molar-refractivity contribution in [1.82, 2.24) is 16.2 Å². The molecule has 0 aromatic heterocycles. The van der Waals surface area contributed by atoms with Crippen LogP contribution in [0.15, 0.2) is 0 Å². The Bertz CT molecular complexity index is 665. The Morgan fingerprint density at radius 3 is 2.03 bits per heavy atom. The predicted molar refractivity (Wildman–Crippen MR) is 91.9 cm³/mol. The minimum Gasteiger partial charge on any atom is -0.444 e.